The van der Waals surface area contributed by atoms with E-state index in [1.807, 2.05) is 24.0 Å². The fraction of sp³-hybridized carbons (Fsp3) is 0.500. The molecule has 17 heavy (non-hydrogen) atoms. The number of ether oxygens (including phenoxy) is 1. The number of fused-ring (bicyclic) bond motifs is 1. The second kappa shape index (κ2) is 5.21. The fourth-order valence-electron chi connectivity index (χ4n) is 2.29. The average Bonchev–Trinajstić information content (AvgIpc) is 2.37. The van der Waals surface area contributed by atoms with Crippen LogP contribution in [-0.2, 0) is 11.2 Å². The zero-order chi connectivity index (χ0) is 12.3. The summed E-state index contributed by atoms with van der Waals surface area (Å²) in [5.74, 6) is 1.04. The lowest BCUT2D eigenvalue weighted by Gasteiger charge is -2.29. The van der Waals surface area contributed by atoms with Gasteiger partial charge in [0.1, 0.15) is 5.75 Å². The van der Waals surface area contributed by atoms with Crippen LogP contribution in [-0.4, -0.2) is 19.6 Å². The number of hydrogen-bond acceptors (Lipinski definition) is 2. The lowest BCUT2D eigenvalue weighted by atomic mass is 10.0. The predicted octanol–water partition coefficient (Wildman–Crippen LogP) is 2.77. The van der Waals surface area contributed by atoms with Gasteiger partial charge in [-0.1, -0.05) is 13.0 Å². The second-order valence-corrected chi connectivity index (χ2v) is 4.39. The third kappa shape index (κ3) is 2.43. The molecule has 1 heterocycles. The lowest BCUT2D eigenvalue weighted by molar-refractivity contribution is -0.118. The minimum Gasteiger partial charge on any atom is -0.497 e. The Morgan fingerprint density at radius 3 is 3.00 bits per heavy atom. The van der Waals surface area contributed by atoms with Crippen molar-refractivity contribution in [1.82, 2.24) is 0 Å². The van der Waals surface area contributed by atoms with Crippen LogP contribution in [0.5, 0.6) is 5.75 Å². The van der Waals surface area contributed by atoms with E-state index in [1.54, 1.807) is 7.11 Å². The molecule has 3 heteroatoms. The van der Waals surface area contributed by atoms with Crippen molar-refractivity contribution in [3.63, 3.8) is 0 Å². The van der Waals surface area contributed by atoms with Gasteiger partial charge in [0.05, 0.1) is 12.8 Å². The Labute approximate surface area is 102 Å². The van der Waals surface area contributed by atoms with E-state index < -0.39 is 0 Å². The molecule has 1 aliphatic rings. The van der Waals surface area contributed by atoms with Gasteiger partial charge in [-0.05, 0) is 30.9 Å². The molecule has 0 saturated heterocycles. The summed E-state index contributed by atoms with van der Waals surface area (Å²) in [6, 6.07) is 6.01. The van der Waals surface area contributed by atoms with Crippen LogP contribution in [0.4, 0.5) is 5.69 Å². The Balaban J connectivity index is 2.31. The smallest absolute Gasteiger partial charge is 0.226 e. The van der Waals surface area contributed by atoms with Crippen molar-refractivity contribution in [3.8, 4) is 5.75 Å². The zero-order valence-electron chi connectivity index (χ0n) is 10.5. The first-order chi connectivity index (χ1) is 8.26. The van der Waals surface area contributed by atoms with Gasteiger partial charge in [-0.25, -0.2) is 0 Å². The van der Waals surface area contributed by atoms with Crippen LogP contribution in [0.25, 0.3) is 0 Å². The molecule has 2 rings (SSSR count). The molecule has 0 atom stereocenters. The summed E-state index contributed by atoms with van der Waals surface area (Å²) < 4.78 is 5.23. The van der Waals surface area contributed by atoms with Crippen LogP contribution in [0.2, 0.25) is 0 Å². The molecule has 1 aromatic rings. The van der Waals surface area contributed by atoms with Gasteiger partial charge in [0.25, 0.3) is 0 Å². The highest BCUT2D eigenvalue weighted by Gasteiger charge is 2.22. The first kappa shape index (κ1) is 12.0. The molecular formula is C14H19NO2. The van der Waals surface area contributed by atoms with E-state index in [0.717, 1.165) is 37.2 Å². The van der Waals surface area contributed by atoms with Crippen molar-refractivity contribution in [2.24, 2.45) is 0 Å². The molecule has 0 unspecified atom stereocenters. The predicted molar refractivity (Wildman–Crippen MR) is 68.6 cm³/mol. The minimum absolute atomic E-state index is 0.224. The van der Waals surface area contributed by atoms with E-state index in [9.17, 15) is 4.79 Å². The molecule has 0 N–H and O–H groups in total. The summed E-state index contributed by atoms with van der Waals surface area (Å²) in [5.41, 5.74) is 2.29. The molecule has 1 aromatic carbocycles. The van der Waals surface area contributed by atoms with Crippen molar-refractivity contribution in [1.29, 1.82) is 0 Å². The number of amides is 1. The van der Waals surface area contributed by atoms with Gasteiger partial charge in [-0.2, -0.15) is 0 Å². The van der Waals surface area contributed by atoms with Crippen LogP contribution in [0.1, 0.15) is 31.7 Å². The van der Waals surface area contributed by atoms with Crippen molar-refractivity contribution in [2.75, 3.05) is 18.6 Å². The molecule has 3 nitrogen and oxygen atoms in total. The molecule has 0 bridgehead atoms. The van der Waals surface area contributed by atoms with E-state index in [-0.39, 0.29) is 5.91 Å². The number of hydrogen-bond donors (Lipinski definition) is 0. The molecule has 0 spiro atoms. The SMILES string of the molecule is CCCC(=O)N1CCCc2ccc(OC)cc21. The molecule has 1 aliphatic heterocycles. The Kier molecular flexibility index (Phi) is 3.67. The minimum atomic E-state index is 0.224. The van der Waals surface area contributed by atoms with Crippen LogP contribution >= 0.6 is 0 Å². The van der Waals surface area contributed by atoms with Gasteiger partial charge >= 0.3 is 0 Å². The maximum Gasteiger partial charge on any atom is 0.226 e. The van der Waals surface area contributed by atoms with Gasteiger partial charge in [0.2, 0.25) is 5.91 Å². The molecule has 0 aliphatic carbocycles. The third-order valence-corrected chi connectivity index (χ3v) is 3.18. The molecule has 0 fully saturated rings. The number of carbonyl (C=O) groups is 1. The number of anilines is 1. The topological polar surface area (TPSA) is 29.5 Å². The standard InChI is InChI=1S/C14H19NO2/c1-3-5-14(16)15-9-4-6-11-7-8-12(17-2)10-13(11)15/h7-8,10H,3-6,9H2,1-2H3. The maximum atomic E-state index is 12.0. The summed E-state index contributed by atoms with van der Waals surface area (Å²) in [6.07, 6.45) is 3.62. The quantitative estimate of drug-likeness (QED) is 0.803. The molecule has 0 aromatic heterocycles. The van der Waals surface area contributed by atoms with E-state index in [1.165, 1.54) is 5.56 Å². The number of methoxy groups -OCH3 is 1. The van der Waals surface area contributed by atoms with Gasteiger partial charge in [-0.3, -0.25) is 4.79 Å². The van der Waals surface area contributed by atoms with E-state index in [0.29, 0.717) is 6.42 Å². The monoisotopic (exact) mass is 233 g/mol. The van der Waals surface area contributed by atoms with Crippen LogP contribution in [0, 0.1) is 0 Å². The maximum absolute atomic E-state index is 12.0. The Bertz CT molecular complexity index is 415. The largest absolute Gasteiger partial charge is 0.497 e. The third-order valence-electron chi connectivity index (χ3n) is 3.18. The summed E-state index contributed by atoms with van der Waals surface area (Å²) in [6.45, 7) is 2.87. The number of aryl methyl sites for hydroxylation is 1. The van der Waals surface area contributed by atoms with Crippen LogP contribution in [0.3, 0.4) is 0 Å². The van der Waals surface area contributed by atoms with Crippen molar-refractivity contribution < 1.29 is 9.53 Å². The number of carbonyl (C=O) groups excluding carboxylic acids is 1. The number of nitrogens with zero attached hydrogens (tertiary/aromatic N) is 1. The average molecular weight is 233 g/mol. The molecule has 92 valence electrons. The van der Waals surface area contributed by atoms with E-state index in [4.69, 9.17) is 4.74 Å². The van der Waals surface area contributed by atoms with Crippen LogP contribution in [0.15, 0.2) is 18.2 Å². The molecule has 0 radical (unpaired) electrons. The Hall–Kier alpha value is -1.51. The fourth-order valence-corrected chi connectivity index (χ4v) is 2.29. The second-order valence-electron chi connectivity index (χ2n) is 4.39. The Morgan fingerprint density at radius 2 is 2.29 bits per heavy atom. The summed E-state index contributed by atoms with van der Waals surface area (Å²) in [7, 11) is 1.66. The first-order valence-electron chi connectivity index (χ1n) is 6.23. The van der Waals surface area contributed by atoms with Crippen molar-refractivity contribution in [2.45, 2.75) is 32.6 Å². The van der Waals surface area contributed by atoms with Gasteiger partial charge in [0, 0.05) is 19.0 Å². The van der Waals surface area contributed by atoms with E-state index >= 15 is 0 Å². The highest BCUT2D eigenvalue weighted by molar-refractivity contribution is 5.94. The summed E-state index contributed by atoms with van der Waals surface area (Å²) >= 11 is 0. The van der Waals surface area contributed by atoms with Gasteiger partial charge in [-0.15, -0.1) is 0 Å². The summed E-state index contributed by atoms with van der Waals surface area (Å²) in [4.78, 5) is 14.0. The van der Waals surface area contributed by atoms with Gasteiger partial charge in [0.15, 0.2) is 0 Å². The highest BCUT2D eigenvalue weighted by Crippen LogP contribution is 2.31. The summed E-state index contributed by atoms with van der Waals surface area (Å²) in [5, 5.41) is 0. The van der Waals surface area contributed by atoms with E-state index in [2.05, 4.69) is 6.07 Å². The number of rotatable bonds is 3. The van der Waals surface area contributed by atoms with Crippen LogP contribution < -0.4 is 9.64 Å². The highest BCUT2D eigenvalue weighted by atomic mass is 16.5. The number of benzene rings is 1. The van der Waals surface area contributed by atoms with Crippen molar-refractivity contribution >= 4 is 11.6 Å². The first-order valence-corrected chi connectivity index (χ1v) is 6.23. The molecule has 1 amide bonds. The molecular weight excluding hydrogens is 214 g/mol. The van der Waals surface area contributed by atoms with Gasteiger partial charge < -0.3 is 9.64 Å². The van der Waals surface area contributed by atoms with Crippen molar-refractivity contribution in [3.05, 3.63) is 23.8 Å². The normalized spacial score (nSPS) is 14.4. The zero-order valence-corrected chi connectivity index (χ0v) is 10.5. The lowest BCUT2D eigenvalue weighted by Crippen LogP contribution is -2.35. The Morgan fingerprint density at radius 1 is 1.47 bits per heavy atom. The molecule has 0 saturated carbocycles.